The number of carbonyl (C=O) groups is 3. The molecule has 3 rings (SSSR count). The smallest absolute Gasteiger partial charge is 0.310 e. The molecule has 1 heterocycles. The highest BCUT2D eigenvalue weighted by molar-refractivity contribution is 6.31. The summed E-state index contributed by atoms with van der Waals surface area (Å²) in [7, 11) is 0. The van der Waals surface area contributed by atoms with Crippen LogP contribution in [0, 0.1) is 5.82 Å². The van der Waals surface area contributed by atoms with Crippen molar-refractivity contribution in [1.29, 1.82) is 0 Å². The van der Waals surface area contributed by atoms with Gasteiger partial charge in [0.25, 0.3) is 0 Å². The molecule has 7 heteroatoms. The molecule has 0 bridgehead atoms. The molecular weight excluding hydrogens is 361 g/mol. The van der Waals surface area contributed by atoms with E-state index in [-0.39, 0.29) is 28.8 Å². The minimum absolute atomic E-state index is 0.0301. The minimum atomic E-state index is -0.753. The lowest BCUT2D eigenvalue weighted by Crippen LogP contribution is -2.16. The molecule has 0 aromatic heterocycles. The molecule has 0 spiro atoms. The SMILES string of the molecule is C[C@H]1C(=O)Nc2ccc(C(=O)COC(=O)Cc3c(F)cccc3Cl)cc21. The first-order chi connectivity index (χ1) is 12.4. The van der Waals surface area contributed by atoms with Gasteiger partial charge in [-0.25, -0.2) is 4.39 Å². The Labute approximate surface area is 154 Å². The van der Waals surface area contributed by atoms with Crippen molar-refractivity contribution in [2.75, 3.05) is 11.9 Å². The molecule has 2 aromatic carbocycles. The van der Waals surface area contributed by atoms with E-state index in [1.54, 1.807) is 25.1 Å². The largest absolute Gasteiger partial charge is 0.457 e. The number of benzene rings is 2. The second-order valence-electron chi connectivity index (χ2n) is 5.97. The predicted molar refractivity (Wildman–Crippen MR) is 93.9 cm³/mol. The van der Waals surface area contributed by atoms with E-state index in [9.17, 15) is 18.8 Å². The van der Waals surface area contributed by atoms with Gasteiger partial charge in [0.2, 0.25) is 5.91 Å². The predicted octanol–water partition coefficient (Wildman–Crippen LogP) is 3.50. The summed E-state index contributed by atoms with van der Waals surface area (Å²) in [6.07, 6.45) is -0.363. The molecule has 0 saturated heterocycles. The number of Topliss-reactive ketones (excluding diaryl/α,β-unsaturated/α-hetero) is 1. The molecule has 1 atom stereocenters. The Bertz CT molecular complexity index is 892. The molecule has 0 saturated carbocycles. The highest BCUT2D eigenvalue weighted by Crippen LogP contribution is 2.32. The Morgan fingerprint density at radius 3 is 2.77 bits per heavy atom. The van der Waals surface area contributed by atoms with Gasteiger partial charge in [0.15, 0.2) is 12.4 Å². The third kappa shape index (κ3) is 3.60. The molecule has 26 heavy (non-hydrogen) atoms. The van der Waals surface area contributed by atoms with Crippen LogP contribution in [0.25, 0.3) is 0 Å². The molecular formula is C19H15ClFNO4. The van der Waals surface area contributed by atoms with E-state index in [0.717, 1.165) is 5.56 Å². The Hall–Kier alpha value is -2.73. The van der Waals surface area contributed by atoms with Crippen LogP contribution in [-0.4, -0.2) is 24.3 Å². The van der Waals surface area contributed by atoms with Gasteiger partial charge in [0, 0.05) is 21.8 Å². The van der Waals surface area contributed by atoms with E-state index in [0.29, 0.717) is 11.3 Å². The zero-order chi connectivity index (χ0) is 18.8. The van der Waals surface area contributed by atoms with Gasteiger partial charge in [-0.05, 0) is 42.8 Å². The van der Waals surface area contributed by atoms with Crippen molar-refractivity contribution in [1.82, 2.24) is 0 Å². The summed E-state index contributed by atoms with van der Waals surface area (Å²) in [4.78, 5) is 35.8. The number of anilines is 1. The maximum Gasteiger partial charge on any atom is 0.310 e. The first-order valence-corrected chi connectivity index (χ1v) is 8.31. The van der Waals surface area contributed by atoms with Crippen LogP contribution < -0.4 is 5.32 Å². The van der Waals surface area contributed by atoms with Gasteiger partial charge < -0.3 is 10.1 Å². The number of ketones is 1. The van der Waals surface area contributed by atoms with Crippen molar-refractivity contribution in [2.45, 2.75) is 19.3 Å². The lowest BCUT2D eigenvalue weighted by Gasteiger charge is -2.08. The maximum atomic E-state index is 13.7. The van der Waals surface area contributed by atoms with E-state index in [1.165, 1.54) is 18.2 Å². The van der Waals surface area contributed by atoms with Gasteiger partial charge in [-0.1, -0.05) is 17.7 Å². The molecule has 0 aliphatic carbocycles. The standard InChI is InChI=1S/C19H15ClFNO4/c1-10-12-7-11(5-6-16(12)22-19(10)25)17(23)9-26-18(24)8-13-14(20)3-2-4-15(13)21/h2-7,10H,8-9H2,1H3,(H,22,25)/t10-/m1/s1. The Kier molecular flexibility index (Phi) is 5.04. The van der Waals surface area contributed by atoms with Gasteiger partial charge in [-0.3, -0.25) is 14.4 Å². The minimum Gasteiger partial charge on any atom is -0.457 e. The molecule has 1 aliphatic rings. The van der Waals surface area contributed by atoms with Gasteiger partial charge in [0.05, 0.1) is 12.3 Å². The fourth-order valence-corrected chi connectivity index (χ4v) is 2.95. The number of esters is 1. The monoisotopic (exact) mass is 375 g/mol. The highest BCUT2D eigenvalue weighted by atomic mass is 35.5. The van der Waals surface area contributed by atoms with E-state index in [4.69, 9.17) is 16.3 Å². The fraction of sp³-hybridized carbons (Fsp3) is 0.211. The quantitative estimate of drug-likeness (QED) is 0.641. The molecule has 2 aromatic rings. The van der Waals surface area contributed by atoms with Crippen LogP contribution in [0.3, 0.4) is 0 Å². The van der Waals surface area contributed by atoms with Crippen molar-refractivity contribution in [3.8, 4) is 0 Å². The van der Waals surface area contributed by atoms with E-state index < -0.39 is 24.2 Å². The first kappa shape index (κ1) is 18.1. The normalized spacial score (nSPS) is 15.3. The zero-order valence-electron chi connectivity index (χ0n) is 13.8. The number of carbonyl (C=O) groups excluding carboxylic acids is 3. The third-order valence-electron chi connectivity index (χ3n) is 4.24. The second-order valence-corrected chi connectivity index (χ2v) is 6.38. The summed E-state index contributed by atoms with van der Waals surface area (Å²) in [6, 6.07) is 8.92. The maximum absolute atomic E-state index is 13.7. The van der Waals surface area contributed by atoms with Gasteiger partial charge in [0.1, 0.15) is 5.82 Å². The highest BCUT2D eigenvalue weighted by Gasteiger charge is 2.27. The zero-order valence-corrected chi connectivity index (χ0v) is 14.6. The van der Waals surface area contributed by atoms with Crippen molar-refractivity contribution in [3.05, 3.63) is 63.9 Å². The van der Waals surface area contributed by atoms with Crippen molar-refractivity contribution >= 4 is 34.9 Å². The Morgan fingerprint density at radius 2 is 2.04 bits per heavy atom. The van der Waals surface area contributed by atoms with Crippen LogP contribution >= 0.6 is 11.6 Å². The van der Waals surface area contributed by atoms with Crippen LogP contribution in [0.5, 0.6) is 0 Å². The van der Waals surface area contributed by atoms with Crippen LogP contribution in [0.15, 0.2) is 36.4 Å². The Morgan fingerprint density at radius 1 is 1.27 bits per heavy atom. The number of hydrogen-bond donors (Lipinski definition) is 1. The summed E-state index contributed by atoms with van der Waals surface area (Å²) in [6.45, 7) is 1.27. The number of nitrogens with one attached hydrogen (secondary N) is 1. The molecule has 0 unspecified atom stereocenters. The molecule has 134 valence electrons. The van der Waals surface area contributed by atoms with Crippen molar-refractivity contribution < 1.29 is 23.5 Å². The summed E-state index contributed by atoms with van der Waals surface area (Å²) in [5, 5.41) is 2.84. The molecule has 1 amide bonds. The number of rotatable bonds is 5. The second kappa shape index (κ2) is 7.25. The lowest BCUT2D eigenvalue weighted by molar-refractivity contribution is -0.141. The van der Waals surface area contributed by atoms with Crippen LogP contribution in [0.1, 0.15) is 34.3 Å². The van der Waals surface area contributed by atoms with Crippen LogP contribution in [0.2, 0.25) is 5.02 Å². The fourth-order valence-electron chi connectivity index (χ4n) is 2.72. The molecule has 1 aliphatic heterocycles. The third-order valence-corrected chi connectivity index (χ3v) is 4.59. The average molecular weight is 376 g/mol. The number of amides is 1. The number of hydrogen-bond acceptors (Lipinski definition) is 4. The van der Waals surface area contributed by atoms with E-state index >= 15 is 0 Å². The number of halogens is 2. The van der Waals surface area contributed by atoms with E-state index in [1.807, 2.05) is 0 Å². The lowest BCUT2D eigenvalue weighted by atomic mass is 9.99. The van der Waals surface area contributed by atoms with Crippen molar-refractivity contribution in [3.63, 3.8) is 0 Å². The van der Waals surface area contributed by atoms with Crippen LogP contribution in [0.4, 0.5) is 10.1 Å². The van der Waals surface area contributed by atoms with Gasteiger partial charge in [-0.2, -0.15) is 0 Å². The van der Waals surface area contributed by atoms with Gasteiger partial charge in [-0.15, -0.1) is 0 Å². The average Bonchev–Trinajstić information content (AvgIpc) is 2.90. The molecule has 0 fully saturated rings. The summed E-state index contributed by atoms with van der Waals surface area (Å²) < 4.78 is 18.6. The van der Waals surface area contributed by atoms with Crippen LogP contribution in [-0.2, 0) is 20.7 Å². The topological polar surface area (TPSA) is 72.5 Å². The summed E-state index contributed by atoms with van der Waals surface area (Å²) >= 11 is 5.86. The molecule has 5 nitrogen and oxygen atoms in total. The number of fused-ring (bicyclic) bond motifs is 1. The molecule has 0 radical (unpaired) electrons. The summed E-state index contributed by atoms with van der Waals surface area (Å²) in [5.41, 5.74) is 1.77. The Balaban J connectivity index is 1.63. The van der Waals surface area contributed by atoms with E-state index in [2.05, 4.69) is 5.32 Å². The molecule has 1 N–H and O–H groups in total. The number of ether oxygens (including phenoxy) is 1. The van der Waals surface area contributed by atoms with Crippen molar-refractivity contribution in [2.24, 2.45) is 0 Å². The summed E-state index contributed by atoms with van der Waals surface area (Å²) in [5.74, 6) is -2.24. The first-order valence-electron chi connectivity index (χ1n) is 7.93. The van der Waals surface area contributed by atoms with Gasteiger partial charge >= 0.3 is 5.97 Å².